The molecule has 0 fully saturated rings. The van der Waals surface area contributed by atoms with Gasteiger partial charge in [-0.2, -0.15) is 0 Å². The number of aryl methyl sites for hydroxylation is 1. The van der Waals surface area contributed by atoms with Crippen LogP contribution < -0.4 is 10.6 Å². The van der Waals surface area contributed by atoms with Crippen molar-refractivity contribution in [3.63, 3.8) is 0 Å². The van der Waals surface area contributed by atoms with Crippen LogP contribution in [0.2, 0.25) is 0 Å². The van der Waals surface area contributed by atoms with Gasteiger partial charge >= 0.3 is 12.0 Å². The number of hydrogen-bond acceptors (Lipinski definition) is 3. The molecule has 0 radical (unpaired) electrons. The summed E-state index contributed by atoms with van der Waals surface area (Å²) in [5, 5.41) is 14.2. The van der Waals surface area contributed by atoms with Crippen molar-refractivity contribution in [3.8, 4) is 0 Å². The van der Waals surface area contributed by atoms with Crippen LogP contribution in [-0.4, -0.2) is 28.1 Å². The lowest BCUT2D eigenvalue weighted by atomic mass is 9.99. The van der Waals surface area contributed by atoms with Crippen LogP contribution in [0, 0.1) is 12.8 Å². The summed E-state index contributed by atoms with van der Waals surface area (Å²) >= 11 is 0. The van der Waals surface area contributed by atoms with E-state index in [9.17, 15) is 9.59 Å². The first-order valence-electron chi connectivity index (χ1n) is 6.62. The number of aromatic nitrogens is 1. The van der Waals surface area contributed by atoms with Gasteiger partial charge in [0.2, 0.25) is 0 Å². The Kier molecular flexibility index (Phi) is 5.96. The highest BCUT2D eigenvalue weighted by atomic mass is 16.4. The summed E-state index contributed by atoms with van der Waals surface area (Å²) < 4.78 is 0. The van der Waals surface area contributed by atoms with Crippen molar-refractivity contribution in [3.05, 3.63) is 29.6 Å². The Morgan fingerprint density at radius 3 is 2.60 bits per heavy atom. The zero-order chi connectivity index (χ0) is 15.1. The lowest BCUT2D eigenvalue weighted by Gasteiger charge is -2.20. The lowest BCUT2D eigenvalue weighted by molar-refractivity contribution is -0.140. The van der Waals surface area contributed by atoms with Gasteiger partial charge in [0.05, 0.1) is 0 Å². The summed E-state index contributed by atoms with van der Waals surface area (Å²) in [5.74, 6) is -1.15. The molecule has 0 aliphatic rings. The standard InChI is InChI=1S/C14H21N3O3/c1-4-9(2)12(13(18)19)17-14(20)16-8-11-6-5-10(3)15-7-11/h5-7,9,12H,4,8H2,1-3H3,(H,18,19)(H2,16,17,20)/t9-,12-/m0/s1. The van der Waals surface area contributed by atoms with Gasteiger partial charge in [-0.25, -0.2) is 9.59 Å². The number of nitrogens with zero attached hydrogens (tertiary/aromatic N) is 1. The number of carboxylic acids is 1. The number of urea groups is 1. The number of aliphatic carboxylic acids is 1. The zero-order valence-electron chi connectivity index (χ0n) is 12.0. The monoisotopic (exact) mass is 279 g/mol. The maximum absolute atomic E-state index is 11.7. The molecule has 0 spiro atoms. The van der Waals surface area contributed by atoms with E-state index in [1.165, 1.54) is 0 Å². The van der Waals surface area contributed by atoms with Crippen molar-refractivity contribution >= 4 is 12.0 Å². The molecule has 0 saturated carbocycles. The fourth-order valence-electron chi connectivity index (χ4n) is 1.66. The summed E-state index contributed by atoms with van der Waals surface area (Å²) in [4.78, 5) is 26.9. The van der Waals surface area contributed by atoms with E-state index in [0.717, 1.165) is 11.3 Å². The number of carbonyl (C=O) groups is 2. The Bertz CT molecular complexity index is 459. The SMILES string of the molecule is CC[C@H](C)[C@H](NC(=O)NCc1ccc(C)nc1)C(=O)O. The van der Waals surface area contributed by atoms with Gasteiger partial charge in [0.25, 0.3) is 0 Å². The van der Waals surface area contributed by atoms with Gasteiger partial charge in [-0.05, 0) is 24.5 Å². The minimum atomic E-state index is -1.02. The van der Waals surface area contributed by atoms with Crippen LogP contribution in [0.15, 0.2) is 18.3 Å². The van der Waals surface area contributed by atoms with Crippen LogP contribution in [0.5, 0.6) is 0 Å². The van der Waals surface area contributed by atoms with Gasteiger partial charge in [-0.15, -0.1) is 0 Å². The van der Waals surface area contributed by atoms with E-state index in [2.05, 4.69) is 15.6 Å². The summed E-state index contributed by atoms with van der Waals surface area (Å²) in [5.41, 5.74) is 1.77. The molecular weight excluding hydrogens is 258 g/mol. The molecule has 0 aliphatic heterocycles. The zero-order valence-corrected chi connectivity index (χ0v) is 12.0. The highest BCUT2D eigenvalue weighted by molar-refractivity contribution is 5.82. The summed E-state index contributed by atoms with van der Waals surface area (Å²) in [6.07, 6.45) is 2.36. The second-order valence-corrected chi connectivity index (χ2v) is 4.84. The van der Waals surface area contributed by atoms with Gasteiger partial charge in [0, 0.05) is 18.4 Å². The van der Waals surface area contributed by atoms with Crippen LogP contribution in [0.25, 0.3) is 0 Å². The van der Waals surface area contributed by atoms with Crippen LogP contribution in [-0.2, 0) is 11.3 Å². The molecule has 0 aromatic carbocycles. The fraction of sp³-hybridized carbons (Fsp3) is 0.500. The second kappa shape index (κ2) is 7.47. The Labute approximate surface area is 118 Å². The largest absolute Gasteiger partial charge is 0.480 e. The summed E-state index contributed by atoms with van der Waals surface area (Å²) in [7, 11) is 0. The average Bonchev–Trinajstić information content (AvgIpc) is 2.43. The summed E-state index contributed by atoms with van der Waals surface area (Å²) in [6, 6.07) is 2.36. The number of amides is 2. The molecule has 2 atom stereocenters. The minimum Gasteiger partial charge on any atom is -0.480 e. The molecule has 2 amide bonds. The highest BCUT2D eigenvalue weighted by Crippen LogP contribution is 2.07. The van der Waals surface area contributed by atoms with Gasteiger partial charge < -0.3 is 15.7 Å². The third kappa shape index (κ3) is 4.87. The number of pyridine rings is 1. The summed E-state index contributed by atoms with van der Waals surface area (Å²) in [6.45, 7) is 5.88. The van der Waals surface area contributed by atoms with Gasteiger partial charge in [0.15, 0.2) is 0 Å². The molecule has 0 unspecified atom stereocenters. The maximum atomic E-state index is 11.7. The normalized spacial score (nSPS) is 13.3. The molecule has 6 nitrogen and oxygen atoms in total. The smallest absolute Gasteiger partial charge is 0.326 e. The third-order valence-electron chi connectivity index (χ3n) is 3.19. The van der Waals surface area contributed by atoms with Crippen LogP contribution >= 0.6 is 0 Å². The molecule has 0 bridgehead atoms. The van der Waals surface area contributed by atoms with E-state index in [-0.39, 0.29) is 5.92 Å². The number of carboxylic acid groups (broad SMARTS) is 1. The molecule has 1 heterocycles. The van der Waals surface area contributed by atoms with E-state index >= 15 is 0 Å². The van der Waals surface area contributed by atoms with Crippen molar-refractivity contribution in [2.24, 2.45) is 5.92 Å². The quantitative estimate of drug-likeness (QED) is 0.739. The molecule has 3 N–H and O–H groups in total. The van der Waals surface area contributed by atoms with E-state index in [4.69, 9.17) is 5.11 Å². The Hall–Kier alpha value is -2.11. The Balaban J connectivity index is 2.49. The second-order valence-electron chi connectivity index (χ2n) is 4.84. The number of carbonyl (C=O) groups excluding carboxylic acids is 1. The van der Waals surface area contributed by atoms with Crippen molar-refractivity contribution < 1.29 is 14.7 Å². The predicted octanol–water partition coefficient (Wildman–Crippen LogP) is 1.69. The molecule has 20 heavy (non-hydrogen) atoms. The van der Waals surface area contributed by atoms with Crippen LogP contribution in [0.4, 0.5) is 4.79 Å². The molecule has 1 aromatic heterocycles. The molecule has 6 heteroatoms. The van der Waals surface area contributed by atoms with Crippen LogP contribution in [0.1, 0.15) is 31.5 Å². The van der Waals surface area contributed by atoms with Crippen molar-refractivity contribution in [2.75, 3.05) is 0 Å². The first-order chi connectivity index (χ1) is 9.43. The highest BCUT2D eigenvalue weighted by Gasteiger charge is 2.24. The molecule has 0 aliphatic carbocycles. The predicted molar refractivity (Wildman–Crippen MR) is 75.2 cm³/mol. The maximum Gasteiger partial charge on any atom is 0.326 e. The number of hydrogen-bond donors (Lipinski definition) is 3. The first-order valence-corrected chi connectivity index (χ1v) is 6.62. The lowest BCUT2D eigenvalue weighted by Crippen LogP contribution is -2.48. The topological polar surface area (TPSA) is 91.3 Å². The first kappa shape index (κ1) is 15.9. The van der Waals surface area contributed by atoms with Gasteiger partial charge in [0.1, 0.15) is 6.04 Å². The van der Waals surface area contributed by atoms with Crippen LogP contribution in [0.3, 0.4) is 0 Å². The Morgan fingerprint density at radius 1 is 1.40 bits per heavy atom. The van der Waals surface area contributed by atoms with Crippen molar-refractivity contribution in [2.45, 2.75) is 39.8 Å². The molecule has 1 aromatic rings. The van der Waals surface area contributed by atoms with E-state index < -0.39 is 18.0 Å². The molecule has 110 valence electrons. The average molecular weight is 279 g/mol. The number of nitrogens with one attached hydrogen (secondary N) is 2. The third-order valence-corrected chi connectivity index (χ3v) is 3.19. The van der Waals surface area contributed by atoms with Crippen molar-refractivity contribution in [1.82, 2.24) is 15.6 Å². The minimum absolute atomic E-state index is 0.126. The van der Waals surface area contributed by atoms with E-state index in [1.807, 2.05) is 26.0 Å². The van der Waals surface area contributed by atoms with Crippen molar-refractivity contribution in [1.29, 1.82) is 0 Å². The van der Waals surface area contributed by atoms with Gasteiger partial charge in [-0.1, -0.05) is 26.3 Å². The number of rotatable bonds is 6. The molecular formula is C14H21N3O3. The van der Waals surface area contributed by atoms with E-state index in [1.54, 1.807) is 13.1 Å². The molecule has 0 saturated heterocycles. The van der Waals surface area contributed by atoms with Gasteiger partial charge in [-0.3, -0.25) is 4.98 Å². The fourth-order valence-corrected chi connectivity index (χ4v) is 1.66. The molecule has 1 rings (SSSR count). The van der Waals surface area contributed by atoms with E-state index in [0.29, 0.717) is 13.0 Å². The Morgan fingerprint density at radius 2 is 2.10 bits per heavy atom.